The molecule has 7 rings (SSSR count). The molecule has 0 atom stereocenters. The number of hydrogen-bond acceptors (Lipinski definition) is 3. The van der Waals surface area contributed by atoms with Crippen LogP contribution in [0.1, 0.15) is 13.8 Å². The summed E-state index contributed by atoms with van der Waals surface area (Å²) < 4.78 is 4.77. The van der Waals surface area contributed by atoms with Crippen LogP contribution in [-0.2, 0) is 13.1 Å². The van der Waals surface area contributed by atoms with Crippen molar-refractivity contribution in [3.8, 4) is 22.5 Å². The molecule has 4 nitrogen and oxygen atoms in total. The van der Waals surface area contributed by atoms with E-state index in [4.69, 9.17) is 9.97 Å². The molecule has 0 bridgehead atoms. The molecule has 38 heavy (non-hydrogen) atoms. The second kappa shape index (κ2) is 9.03. The molecule has 186 valence electrons. The molecule has 7 aromatic rings. The summed E-state index contributed by atoms with van der Waals surface area (Å²) in [5.41, 5.74) is 9.18. The van der Waals surface area contributed by atoms with Crippen LogP contribution in [0.5, 0.6) is 0 Å². The number of hydrogen-bond donors (Lipinski definition) is 0. The van der Waals surface area contributed by atoms with Gasteiger partial charge in [0, 0.05) is 67.8 Å². The highest BCUT2D eigenvalue weighted by atomic mass is 32.2. The Hall–Kier alpha value is -4.09. The molecule has 0 radical (unpaired) electrons. The van der Waals surface area contributed by atoms with Gasteiger partial charge in [0.25, 0.3) is 0 Å². The van der Waals surface area contributed by atoms with E-state index in [0.717, 1.165) is 40.8 Å². The van der Waals surface area contributed by atoms with E-state index in [-0.39, 0.29) is 0 Å². The van der Waals surface area contributed by atoms with Crippen LogP contribution in [-0.4, -0.2) is 25.4 Å². The van der Waals surface area contributed by atoms with Crippen molar-refractivity contribution < 1.29 is 0 Å². The Kier molecular flexibility index (Phi) is 5.48. The SMILES string of the molecule is CCn1c2ccccc2c2cc(-c3cc(-c4ccc5c(c4)c4ccccc4n5CC)nc(SC)n3)ccc21. The van der Waals surface area contributed by atoms with E-state index >= 15 is 0 Å². The van der Waals surface area contributed by atoms with Gasteiger partial charge < -0.3 is 9.13 Å². The summed E-state index contributed by atoms with van der Waals surface area (Å²) in [4.78, 5) is 9.86. The van der Waals surface area contributed by atoms with Crippen LogP contribution in [0.3, 0.4) is 0 Å². The van der Waals surface area contributed by atoms with E-state index in [1.807, 2.05) is 6.26 Å². The smallest absolute Gasteiger partial charge is 0.188 e. The van der Waals surface area contributed by atoms with Gasteiger partial charge >= 0.3 is 0 Å². The van der Waals surface area contributed by atoms with Gasteiger partial charge in [0.1, 0.15) is 0 Å². The highest BCUT2D eigenvalue weighted by molar-refractivity contribution is 7.98. The van der Waals surface area contributed by atoms with Crippen LogP contribution in [0, 0.1) is 0 Å². The highest BCUT2D eigenvalue weighted by Gasteiger charge is 2.15. The molecule has 5 heteroatoms. The van der Waals surface area contributed by atoms with Gasteiger partial charge in [0.15, 0.2) is 5.16 Å². The molecule has 0 saturated carbocycles. The molecular formula is C33H28N4S. The molecule has 0 N–H and O–H groups in total. The first kappa shape index (κ1) is 23.1. The van der Waals surface area contributed by atoms with Crippen molar-refractivity contribution in [3.63, 3.8) is 0 Å². The van der Waals surface area contributed by atoms with Gasteiger partial charge in [-0.25, -0.2) is 9.97 Å². The van der Waals surface area contributed by atoms with Crippen LogP contribution >= 0.6 is 11.8 Å². The summed E-state index contributed by atoms with van der Waals surface area (Å²) in [7, 11) is 0. The van der Waals surface area contributed by atoms with Gasteiger partial charge in [-0.1, -0.05) is 60.3 Å². The van der Waals surface area contributed by atoms with Gasteiger partial charge in [-0.15, -0.1) is 0 Å². The Morgan fingerprint density at radius 3 is 1.45 bits per heavy atom. The van der Waals surface area contributed by atoms with Gasteiger partial charge in [0.05, 0.1) is 11.4 Å². The topological polar surface area (TPSA) is 35.6 Å². The first-order chi connectivity index (χ1) is 18.7. The average Bonchev–Trinajstić information content (AvgIpc) is 3.48. The second-order valence-electron chi connectivity index (χ2n) is 9.61. The molecule has 3 heterocycles. The van der Waals surface area contributed by atoms with Crippen LogP contribution in [0.2, 0.25) is 0 Å². The molecule has 0 aliphatic rings. The zero-order chi connectivity index (χ0) is 25.8. The lowest BCUT2D eigenvalue weighted by molar-refractivity contribution is 0.827. The number of aryl methyl sites for hydroxylation is 2. The third kappa shape index (κ3) is 3.46. The molecule has 3 aromatic heterocycles. The number of benzene rings is 4. The Morgan fingerprint density at radius 1 is 0.553 bits per heavy atom. The summed E-state index contributed by atoms with van der Waals surface area (Å²) in [6.45, 7) is 6.29. The van der Waals surface area contributed by atoms with Crippen molar-refractivity contribution in [2.75, 3.05) is 6.26 Å². The molecule has 0 unspecified atom stereocenters. The maximum Gasteiger partial charge on any atom is 0.188 e. The van der Waals surface area contributed by atoms with Gasteiger partial charge in [0.2, 0.25) is 0 Å². The zero-order valence-corrected chi connectivity index (χ0v) is 22.6. The lowest BCUT2D eigenvalue weighted by Gasteiger charge is -2.09. The lowest BCUT2D eigenvalue weighted by atomic mass is 10.0. The van der Waals surface area contributed by atoms with Gasteiger partial charge in [-0.2, -0.15) is 0 Å². The Bertz CT molecular complexity index is 1860. The second-order valence-corrected chi connectivity index (χ2v) is 10.4. The molecule has 0 spiro atoms. The first-order valence-corrected chi connectivity index (χ1v) is 14.4. The molecule has 0 fully saturated rings. The minimum Gasteiger partial charge on any atom is -0.341 e. The summed E-state index contributed by atoms with van der Waals surface area (Å²) in [6, 6.07) is 32.9. The molecular weight excluding hydrogens is 484 g/mol. The maximum atomic E-state index is 4.93. The summed E-state index contributed by atoms with van der Waals surface area (Å²) in [5.74, 6) is 0. The van der Waals surface area contributed by atoms with E-state index in [1.165, 1.54) is 43.6 Å². The van der Waals surface area contributed by atoms with Crippen LogP contribution in [0.4, 0.5) is 0 Å². The van der Waals surface area contributed by atoms with Crippen LogP contribution in [0.25, 0.3) is 66.1 Å². The molecule has 0 saturated heterocycles. The first-order valence-electron chi connectivity index (χ1n) is 13.2. The fourth-order valence-corrected chi connectivity index (χ4v) is 6.30. The summed E-state index contributed by atoms with van der Waals surface area (Å²) in [6.07, 6.45) is 2.04. The lowest BCUT2D eigenvalue weighted by Crippen LogP contribution is -1.95. The largest absolute Gasteiger partial charge is 0.341 e. The Labute approximate surface area is 225 Å². The van der Waals surface area contributed by atoms with Crippen molar-refractivity contribution in [1.29, 1.82) is 0 Å². The van der Waals surface area contributed by atoms with Crippen molar-refractivity contribution >= 4 is 55.4 Å². The third-order valence-electron chi connectivity index (χ3n) is 7.66. The van der Waals surface area contributed by atoms with E-state index in [9.17, 15) is 0 Å². The van der Waals surface area contributed by atoms with Crippen molar-refractivity contribution in [2.24, 2.45) is 0 Å². The Balaban J connectivity index is 1.41. The standard InChI is InChI=1S/C33H28N4S/c1-4-36-29-12-8-6-10-23(29)25-18-21(14-16-31(25)36)27-20-28(35-33(34-27)38-3)22-15-17-32-26(19-22)24-11-7-9-13-30(24)37(32)5-2/h6-20H,4-5H2,1-3H3. The fraction of sp³-hybridized carbons (Fsp3) is 0.152. The van der Waals surface area contributed by atoms with Crippen molar-refractivity contribution in [1.82, 2.24) is 19.1 Å². The predicted molar refractivity (Wildman–Crippen MR) is 162 cm³/mol. The maximum absolute atomic E-state index is 4.93. The van der Waals surface area contributed by atoms with Crippen molar-refractivity contribution in [2.45, 2.75) is 32.1 Å². The van der Waals surface area contributed by atoms with Crippen molar-refractivity contribution in [3.05, 3.63) is 91.0 Å². The third-order valence-corrected chi connectivity index (χ3v) is 8.20. The van der Waals surface area contributed by atoms with Crippen LogP contribution in [0.15, 0.2) is 96.2 Å². The quantitative estimate of drug-likeness (QED) is 0.171. The van der Waals surface area contributed by atoms with Gasteiger partial charge in [-0.05, 0) is 62.6 Å². The molecule has 0 aliphatic carbocycles. The number of thioether (sulfide) groups is 1. The summed E-state index contributed by atoms with van der Waals surface area (Å²) >= 11 is 1.58. The normalized spacial score (nSPS) is 11.9. The average molecular weight is 513 g/mol. The van der Waals surface area contributed by atoms with Gasteiger partial charge in [-0.3, -0.25) is 0 Å². The summed E-state index contributed by atoms with van der Waals surface area (Å²) in [5, 5.41) is 5.87. The van der Waals surface area contributed by atoms with Crippen LogP contribution < -0.4 is 0 Å². The fourth-order valence-electron chi connectivity index (χ4n) is 5.92. The number of para-hydroxylation sites is 2. The number of rotatable bonds is 5. The predicted octanol–water partition coefficient (Wildman–Crippen LogP) is 8.79. The van der Waals surface area contributed by atoms with E-state index in [1.54, 1.807) is 11.8 Å². The number of aromatic nitrogens is 4. The van der Waals surface area contributed by atoms with E-state index in [2.05, 4.69) is 114 Å². The van der Waals surface area contributed by atoms with E-state index < -0.39 is 0 Å². The number of fused-ring (bicyclic) bond motifs is 6. The highest BCUT2D eigenvalue weighted by Crippen LogP contribution is 2.36. The zero-order valence-electron chi connectivity index (χ0n) is 21.8. The minimum absolute atomic E-state index is 0.782. The molecule has 0 aliphatic heterocycles. The molecule has 0 amide bonds. The minimum atomic E-state index is 0.782. The number of nitrogens with zero attached hydrogens (tertiary/aromatic N) is 4. The van der Waals surface area contributed by atoms with E-state index in [0.29, 0.717) is 0 Å². The monoisotopic (exact) mass is 512 g/mol. The molecule has 4 aromatic carbocycles. The Morgan fingerprint density at radius 2 is 1.00 bits per heavy atom.